The van der Waals surface area contributed by atoms with E-state index in [0.717, 1.165) is 48.7 Å². The second-order valence-corrected chi connectivity index (χ2v) is 4.30. The maximum Gasteiger partial charge on any atom is 0.120 e. The normalized spacial score (nSPS) is 10.5. The van der Waals surface area contributed by atoms with Gasteiger partial charge in [-0.05, 0) is 50.0 Å². The maximum absolute atomic E-state index is 8.63. The molecule has 1 rings (SSSR count). The lowest BCUT2D eigenvalue weighted by Gasteiger charge is -2.07. The van der Waals surface area contributed by atoms with Gasteiger partial charge in [-0.25, -0.2) is 0 Å². The van der Waals surface area contributed by atoms with Crippen LogP contribution in [-0.4, -0.2) is 31.9 Å². The van der Waals surface area contributed by atoms with Gasteiger partial charge < -0.3 is 15.2 Å². The standard InChI is InChI=1S/C13H20ClNO2/c1-17-12-5-4-11(13(14)10-12)6-8-15-7-2-3-9-16/h4-5,10,15-16H,2-3,6-9H2,1H3. The first-order valence-corrected chi connectivity index (χ1v) is 6.29. The number of hydrogen-bond acceptors (Lipinski definition) is 3. The molecule has 0 aliphatic heterocycles. The fourth-order valence-electron chi connectivity index (χ4n) is 1.57. The minimum Gasteiger partial charge on any atom is -0.497 e. The Bertz CT molecular complexity index is 331. The first kappa shape index (κ1) is 14.3. The highest BCUT2D eigenvalue weighted by Crippen LogP contribution is 2.22. The van der Waals surface area contributed by atoms with Crippen molar-refractivity contribution in [3.8, 4) is 5.75 Å². The monoisotopic (exact) mass is 257 g/mol. The lowest BCUT2D eigenvalue weighted by atomic mass is 10.1. The molecular formula is C13H20ClNO2. The summed E-state index contributed by atoms with van der Waals surface area (Å²) in [6.45, 7) is 2.11. The summed E-state index contributed by atoms with van der Waals surface area (Å²) in [5, 5.41) is 12.7. The molecule has 0 aromatic heterocycles. The van der Waals surface area contributed by atoms with Crippen molar-refractivity contribution in [2.75, 3.05) is 26.8 Å². The van der Waals surface area contributed by atoms with E-state index in [9.17, 15) is 0 Å². The Kier molecular flexibility index (Phi) is 7.01. The number of nitrogens with one attached hydrogen (secondary N) is 1. The number of ether oxygens (including phenoxy) is 1. The first-order chi connectivity index (χ1) is 8.27. The summed E-state index contributed by atoms with van der Waals surface area (Å²) in [4.78, 5) is 0. The highest BCUT2D eigenvalue weighted by Gasteiger charge is 2.01. The molecule has 0 heterocycles. The van der Waals surface area contributed by atoms with Crippen molar-refractivity contribution in [2.24, 2.45) is 0 Å². The highest BCUT2D eigenvalue weighted by atomic mass is 35.5. The summed E-state index contributed by atoms with van der Waals surface area (Å²) in [6.07, 6.45) is 2.77. The quantitative estimate of drug-likeness (QED) is 0.702. The molecule has 0 saturated heterocycles. The second-order valence-electron chi connectivity index (χ2n) is 3.89. The van der Waals surface area contributed by atoms with E-state index in [2.05, 4.69) is 5.32 Å². The summed E-state index contributed by atoms with van der Waals surface area (Å²) in [5.41, 5.74) is 1.13. The van der Waals surface area contributed by atoms with Gasteiger partial charge in [0.25, 0.3) is 0 Å². The van der Waals surface area contributed by atoms with Gasteiger partial charge in [0.15, 0.2) is 0 Å². The number of hydrogen-bond donors (Lipinski definition) is 2. The third kappa shape index (κ3) is 5.39. The van der Waals surface area contributed by atoms with Gasteiger partial charge >= 0.3 is 0 Å². The Labute approximate surface area is 108 Å². The molecule has 1 aromatic carbocycles. The number of unbranched alkanes of at least 4 members (excludes halogenated alkanes) is 1. The first-order valence-electron chi connectivity index (χ1n) is 5.92. The van der Waals surface area contributed by atoms with Gasteiger partial charge in [0, 0.05) is 11.6 Å². The molecule has 0 aliphatic rings. The van der Waals surface area contributed by atoms with Crippen LogP contribution in [-0.2, 0) is 6.42 Å². The number of aliphatic hydroxyl groups is 1. The number of rotatable bonds is 8. The molecule has 0 saturated carbocycles. The van der Waals surface area contributed by atoms with E-state index in [0.29, 0.717) is 0 Å². The average molecular weight is 258 g/mol. The Balaban J connectivity index is 2.27. The molecule has 0 bridgehead atoms. The van der Waals surface area contributed by atoms with Gasteiger partial charge in [-0.2, -0.15) is 0 Å². The maximum atomic E-state index is 8.63. The van der Waals surface area contributed by atoms with E-state index in [-0.39, 0.29) is 6.61 Å². The van der Waals surface area contributed by atoms with Crippen LogP contribution in [0.5, 0.6) is 5.75 Å². The van der Waals surface area contributed by atoms with Crippen LogP contribution in [0.4, 0.5) is 0 Å². The lowest BCUT2D eigenvalue weighted by molar-refractivity contribution is 0.284. The minimum atomic E-state index is 0.270. The molecule has 96 valence electrons. The number of methoxy groups -OCH3 is 1. The van der Waals surface area contributed by atoms with Gasteiger partial charge in [-0.1, -0.05) is 17.7 Å². The molecule has 0 spiro atoms. The fraction of sp³-hybridized carbons (Fsp3) is 0.538. The van der Waals surface area contributed by atoms with Crippen molar-refractivity contribution in [3.05, 3.63) is 28.8 Å². The third-order valence-electron chi connectivity index (χ3n) is 2.59. The molecule has 1 aromatic rings. The molecule has 0 fully saturated rings. The number of halogens is 1. The van der Waals surface area contributed by atoms with E-state index in [1.165, 1.54) is 0 Å². The van der Waals surface area contributed by atoms with Gasteiger partial charge in [0.05, 0.1) is 7.11 Å². The second kappa shape index (κ2) is 8.34. The van der Waals surface area contributed by atoms with E-state index in [4.69, 9.17) is 21.4 Å². The summed E-state index contributed by atoms with van der Waals surface area (Å²) in [6, 6.07) is 5.76. The van der Waals surface area contributed by atoms with Crippen molar-refractivity contribution in [3.63, 3.8) is 0 Å². The van der Waals surface area contributed by atoms with Gasteiger partial charge in [0.1, 0.15) is 5.75 Å². The van der Waals surface area contributed by atoms with E-state index in [1.54, 1.807) is 7.11 Å². The topological polar surface area (TPSA) is 41.5 Å². The average Bonchev–Trinajstić information content (AvgIpc) is 2.35. The van der Waals surface area contributed by atoms with Crippen LogP contribution in [0.15, 0.2) is 18.2 Å². The Hall–Kier alpha value is -0.770. The van der Waals surface area contributed by atoms with Gasteiger partial charge in [0.2, 0.25) is 0 Å². The van der Waals surface area contributed by atoms with Gasteiger partial charge in [-0.3, -0.25) is 0 Å². The van der Waals surface area contributed by atoms with E-state index < -0.39 is 0 Å². The van der Waals surface area contributed by atoms with Crippen LogP contribution < -0.4 is 10.1 Å². The molecule has 4 heteroatoms. The van der Waals surface area contributed by atoms with Crippen LogP contribution >= 0.6 is 11.6 Å². The molecule has 0 radical (unpaired) electrons. The number of aliphatic hydroxyl groups excluding tert-OH is 1. The predicted molar refractivity (Wildman–Crippen MR) is 70.9 cm³/mol. The molecule has 0 amide bonds. The van der Waals surface area contributed by atoms with Gasteiger partial charge in [-0.15, -0.1) is 0 Å². The molecule has 0 unspecified atom stereocenters. The summed E-state index contributed by atoms with van der Waals surface area (Å²) < 4.78 is 5.10. The molecule has 0 aliphatic carbocycles. The molecule has 17 heavy (non-hydrogen) atoms. The highest BCUT2D eigenvalue weighted by molar-refractivity contribution is 6.31. The lowest BCUT2D eigenvalue weighted by Crippen LogP contribution is -2.18. The molecule has 0 atom stereocenters. The van der Waals surface area contributed by atoms with Crippen molar-refractivity contribution in [1.29, 1.82) is 0 Å². The van der Waals surface area contributed by atoms with Crippen molar-refractivity contribution < 1.29 is 9.84 Å². The minimum absolute atomic E-state index is 0.270. The Morgan fingerprint density at radius 2 is 2.12 bits per heavy atom. The Morgan fingerprint density at radius 3 is 2.76 bits per heavy atom. The molecule has 3 nitrogen and oxygen atoms in total. The van der Waals surface area contributed by atoms with Crippen LogP contribution in [0.3, 0.4) is 0 Å². The van der Waals surface area contributed by atoms with Crippen molar-refractivity contribution >= 4 is 11.6 Å². The van der Waals surface area contributed by atoms with Crippen molar-refractivity contribution in [2.45, 2.75) is 19.3 Å². The van der Waals surface area contributed by atoms with Crippen LogP contribution in [0.25, 0.3) is 0 Å². The SMILES string of the molecule is COc1ccc(CCNCCCCO)c(Cl)c1. The number of benzene rings is 1. The fourth-order valence-corrected chi connectivity index (χ4v) is 1.83. The third-order valence-corrected chi connectivity index (χ3v) is 2.94. The largest absolute Gasteiger partial charge is 0.497 e. The zero-order valence-electron chi connectivity index (χ0n) is 10.2. The molecule has 2 N–H and O–H groups in total. The van der Waals surface area contributed by atoms with Crippen LogP contribution in [0.1, 0.15) is 18.4 Å². The smallest absolute Gasteiger partial charge is 0.120 e. The summed E-state index contributed by atoms with van der Waals surface area (Å²) in [5.74, 6) is 0.787. The van der Waals surface area contributed by atoms with Crippen LogP contribution in [0, 0.1) is 0 Å². The predicted octanol–water partition coefficient (Wildman–Crippen LogP) is 2.25. The van der Waals surface area contributed by atoms with Crippen molar-refractivity contribution in [1.82, 2.24) is 5.32 Å². The Morgan fingerprint density at radius 1 is 1.29 bits per heavy atom. The van der Waals surface area contributed by atoms with E-state index in [1.807, 2.05) is 18.2 Å². The zero-order valence-corrected chi connectivity index (χ0v) is 11.0. The van der Waals surface area contributed by atoms with Crippen LogP contribution in [0.2, 0.25) is 5.02 Å². The zero-order chi connectivity index (χ0) is 12.5. The summed E-state index contributed by atoms with van der Waals surface area (Å²) in [7, 11) is 1.63. The van der Waals surface area contributed by atoms with E-state index >= 15 is 0 Å². The molecular weight excluding hydrogens is 238 g/mol. The summed E-state index contributed by atoms with van der Waals surface area (Å²) >= 11 is 6.13.